The number of fused-ring (bicyclic) bond motifs is 5. The first-order chi connectivity index (χ1) is 14.9. The van der Waals surface area contributed by atoms with Crippen molar-refractivity contribution in [2.24, 2.45) is 40.4 Å². The van der Waals surface area contributed by atoms with E-state index in [9.17, 15) is 15.3 Å². The van der Waals surface area contributed by atoms with Crippen molar-refractivity contribution in [1.29, 1.82) is 0 Å². The number of hydrogen-bond acceptors (Lipinski definition) is 3. The van der Waals surface area contributed by atoms with Crippen LogP contribution < -0.4 is 0 Å². The third-order valence-electron chi connectivity index (χ3n) is 10.8. The van der Waals surface area contributed by atoms with Crippen LogP contribution in [0.4, 0.5) is 0 Å². The minimum absolute atomic E-state index is 0.0406. The first-order valence-electron chi connectivity index (χ1n) is 13.3. The average Bonchev–Trinajstić information content (AvgIpc) is 3.05. The van der Waals surface area contributed by atoms with E-state index in [1.807, 2.05) is 13.8 Å². The van der Waals surface area contributed by atoms with E-state index in [0.29, 0.717) is 10.8 Å². The largest absolute Gasteiger partial charge is 0.396 e. The van der Waals surface area contributed by atoms with Gasteiger partial charge in [-0.15, -0.1) is 0 Å². The van der Waals surface area contributed by atoms with Crippen molar-refractivity contribution >= 4 is 0 Å². The molecule has 3 fully saturated rings. The molecule has 3 heteroatoms. The molecule has 32 heavy (non-hydrogen) atoms. The van der Waals surface area contributed by atoms with Crippen LogP contribution in [-0.2, 0) is 0 Å². The Hall–Kier alpha value is -0.640. The fraction of sp³-hybridized carbons (Fsp3) is 0.862. The van der Waals surface area contributed by atoms with E-state index in [0.717, 1.165) is 43.4 Å². The van der Waals surface area contributed by atoms with Gasteiger partial charge in [-0.2, -0.15) is 0 Å². The summed E-state index contributed by atoms with van der Waals surface area (Å²) in [4.78, 5) is 0. The first kappa shape index (κ1) is 24.5. The number of aliphatic hydroxyl groups is 3. The molecule has 0 aromatic carbocycles. The molecule has 0 aliphatic heterocycles. The lowest BCUT2D eigenvalue weighted by Crippen LogP contribution is -2.49. The quantitative estimate of drug-likeness (QED) is 0.454. The molecule has 182 valence electrons. The number of aliphatic hydroxyl groups excluding tert-OH is 2. The highest BCUT2D eigenvalue weighted by atomic mass is 16.3. The number of hydrogen-bond donors (Lipinski definition) is 3. The Balaban J connectivity index is 1.56. The van der Waals surface area contributed by atoms with Crippen molar-refractivity contribution in [3.05, 3.63) is 22.8 Å². The van der Waals surface area contributed by atoms with Crippen molar-refractivity contribution in [2.75, 3.05) is 6.61 Å². The molecule has 4 aliphatic carbocycles. The maximum atomic E-state index is 10.5. The lowest BCUT2D eigenvalue weighted by atomic mass is 9.47. The van der Waals surface area contributed by atoms with E-state index >= 15 is 0 Å². The fourth-order valence-electron chi connectivity index (χ4n) is 9.00. The second-order valence-corrected chi connectivity index (χ2v) is 13.0. The van der Waals surface area contributed by atoms with Gasteiger partial charge in [-0.25, -0.2) is 0 Å². The minimum Gasteiger partial charge on any atom is -0.396 e. The zero-order valence-corrected chi connectivity index (χ0v) is 21.5. The van der Waals surface area contributed by atoms with Crippen LogP contribution in [0.15, 0.2) is 22.8 Å². The Morgan fingerprint density at radius 2 is 1.78 bits per heavy atom. The maximum Gasteiger partial charge on any atom is 0.0644 e. The highest BCUT2D eigenvalue weighted by Gasteiger charge is 2.57. The number of allylic oxidation sites excluding steroid dienone is 3. The Morgan fingerprint density at radius 1 is 1.12 bits per heavy atom. The van der Waals surface area contributed by atoms with E-state index in [4.69, 9.17) is 0 Å². The zero-order chi connectivity index (χ0) is 23.5. The van der Waals surface area contributed by atoms with E-state index < -0.39 is 5.60 Å². The molecule has 0 radical (unpaired) electrons. The van der Waals surface area contributed by atoms with Gasteiger partial charge in [-0.3, -0.25) is 0 Å². The smallest absolute Gasteiger partial charge is 0.0644 e. The molecule has 3 saturated carbocycles. The predicted octanol–water partition coefficient (Wildman–Crippen LogP) is 6.03. The zero-order valence-electron chi connectivity index (χ0n) is 21.5. The van der Waals surface area contributed by atoms with Crippen molar-refractivity contribution in [3.8, 4) is 0 Å². The monoisotopic (exact) mass is 444 g/mol. The molecule has 0 amide bonds. The van der Waals surface area contributed by atoms with Crippen LogP contribution in [-0.4, -0.2) is 33.6 Å². The second-order valence-electron chi connectivity index (χ2n) is 13.0. The Morgan fingerprint density at radius 3 is 2.44 bits per heavy atom. The second kappa shape index (κ2) is 8.54. The van der Waals surface area contributed by atoms with Crippen LogP contribution in [0.25, 0.3) is 0 Å². The van der Waals surface area contributed by atoms with Gasteiger partial charge < -0.3 is 15.3 Å². The molecular formula is C29H48O3. The summed E-state index contributed by atoms with van der Waals surface area (Å²) in [5.74, 6) is 2.50. The summed E-state index contributed by atoms with van der Waals surface area (Å²) in [5, 5.41) is 30.7. The molecule has 0 saturated heterocycles. The van der Waals surface area contributed by atoms with Gasteiger partial charge in [0, 0.05) is 12.5 Å². The van der Waals surface area contributed by atoms with E-state index in [1.165, 1.54) is 37.7 Å². The Labute approximate surface area is 196 Å². The molecule has 8 atom stereocenters. The summed E-state index contributed by atoms with van der Waals surface area (Å²) >= 11 is 0. The summed E-state index contributed by atoms with van der Waals surface area (Å²) in [6.07, 6.45) is 12.7. The molecule has 0 spiro atoms. The van der Waals surface area contributed by atoms with Crippen molar-refractivity contribution in [1.82, 2.24) is 0 Å². The van der Waals surface area contributed by atoms with Crippen molar-refractivity contribution in [3.63, 3.8) is 0 Å². The topological polar surface area (TPSA) is 60.7 Å². The van der Waals surface area contributed by atoms with Crippen LogP contribution in [0, 0.1) is 40.4 Å². The minimum atomic E-state index is -0.853. The average molecular weight is 445 g/mol. The molecule has 0 bridgehead atoms. The molecule has 0 heterocycles. The van der Waals surface area contributed by atoms with Gasteiger partial charge in [0.15, 0.2) is 0 Å². The highest BCUT2D eigenvalue weighted by molar-refractivity contribution is 5.31. The van der Waals surface area contributed by atoms with E-state index in [1.54, 1.807) is 11.1 Å². The summed E-state index contributed by atoms with van der Waals surface area (Å²) < 4.78 is 0. The summed E-state index contributed by atoms with van der Waals surface area (Å²) in [6, 6.07) is 0. The van der Waals surface area contributed by atoms with Crippen LogP contribution in [0.3, 0.4) is 0 Å². The number of rotatable bonds is 5. The van der Waals surface area contributed by atoms with Crippen LogP contribution in [0.5, 0.6) is 0 Å². The Kier molecular flexibility index (Phi) is 6.53. The van der Waals surface area contributed by atoms with Gasteiger partial charge in [-0.1, -0.05) is 43.6 Å². The molecule has 3 nitrogen and oxygen atoms in total. The van der Waals surface area contributed by atoms with Gasteiger partial charge in [0.25, 0.3) is 0 Å². The van der Waals surface area contributed by atoms with E-state index in [2.05, 4.69) is 33.8 Å². The molecule has 4 aliphatic rings. The molecule has 3 N–H and O–H groups in total. The van der Waals surface area contributed by atoms with Gasteiger partial charge in [0.2, 0.25) is 0 Å². The van der Waals surface area contributed by atoms with Gasteiger partial charge >= 0.3 is 0 Å². The van der Waals surface area contributed by atoms with Gasteiger partial charge in [0.05, 0.1) is 11.7 Å². The lowest BCUT2D eigenvalue weighted by molar-refractivity contribution is -0.0332. The SMILES string of the molecule is C/C(C[C@@H](C)[C@H](CO)C(C)(C)O)=C1/CCC2C3CC=C4C[C@@H](O)CC[C@]4(C)C3CC[C@]12C. The molecule has 4 rings (SSSR count). The van der Waals surface area contributed by atoms with Crippen LogP contribution >= 0.6 is 0 Å². The van der Waals surface area contributed by atoms with Crippen molar-refractivity contribution < 1.29 is 15.3 Å². The molecule has 0 aromatic heterocycles. The molecule has 3 unspecified atom stereocenters. The maximum absolute atomic E-state index is 10.5. The van der Waals surface area contributed by atoms with Crippen LogP contribution in [0.1, 0.15) is 99.3 Å². The van der Waals surface area contributed by atoms with E-state index in [-0.39, 0.29) is 24.5 Å². The van der Waals surface area contributed by atoms with Gasteiger partial charge in [0.1, 0.15) is 0 Å². The lowest BCUT2D eigenvalue weighted by Gasteiger charge is -2.57. The Bertz CT molecular complexity index is 774. The highest BCUT2D eigenvalue weighted by Crippen LogP contribution is 2.66. The molecular weight excluding hydrogens is 396 g/mol. The van der Waals surface area contributed by atoms with Gasteiger partial charge in [-0.05, 0) is 113 Å². The third kappa shape index (κ3) is 3.95. The fourth-order valence-corrected chi connectivity index (χ4v) is 9.00. The van der Waals surface area contributed by atoms with Crippen LogP contribution in [0.2, 0.25) is 0 Å². The normalized spacial score (nSPS) is 43.0. The molecule has 0 aromatic rings. The standard InChI is InChI=1S/C29H48O3/c1-18(15-19(2)26(17-30)27(3,4)32)23-9-10-24-22-8-7-20-16-21(31)11-13-28(20,5)25(22)12-14-29(23,24)6/h7,19,21-22,24-26,30-32H,8-17H2,1-6H3/b23-18+/t19-,21+,22?,24?,25?,26+,28+,29-/m1/s1. The summed E-state index contributed by atoms with van der Waals surface area (Å²) in [6.45, 7) is 13.3. The third-order valence-corrected chi connectivity index (χ3v) is 10.8. The summed E-state index contributed by atoms with van der Waals surface area (Å²) in [7, 11) is 0. The first-order valence-corrected chi connectivity index (χ1v) is 13.3. The predicted molar refractivity (Wildman–Crippen MR) is 131 cm³/mol. The van der Waals surface area contributed by atoms with Crippen molar-refractivity contribution in [2.45, 2.75) is 111 Å². The summed E-state index contributed by atoms with van der Waals surface area (Å²) in [5.41, 5.74) is 4.53.